The van der Waals surface area contributed by atoms with Crippen LogP contribution in [0.25, 0.3) is 0 Å². The Morgan fingerprint density at radius 3 is 2.80 bits per heavy atom. The summed E-state index contributed by atoms with van der Waals surface area (Å²) in [6.07, 6.45) is 1.06. The lowest BCUT2D eigenvalue weighted by Crippen LogP contribution is -2.14. The Morgan fingerprint density at radius 1 is 1.20 bits per heavy atom. The van der Waals surface area contributed by atoms with Gasteiger partial charge in [-0.1, -0.05) is 24.6 Å². The molecular formula is C16H17ClFNO. The van der Waals surface area contributed by atoms with Gasteiger partial charge in [0.25, 0.3) is 0 Å². The average molecular weight is 294 g/mol. The summed E-state index contributed by atoms with van der Waals surface area (Å²) in [5.74, 6) is 0.842. The molecule has 2 aromatic carbocycles. The van der Waals surface area contributed by atoms with E-state index in [1.165, 1.54) is 12.1 Å². The molecule has 1 N–H and O–H groups in total. The van der Waals surface area contributed by atoms with Gasteiger partial charge in [0.1, 0.15) is 17.3 Å². The van der Waals surface area contributed by atoms with Crippen molar-refractivity contribution in [1.29, 1.82) is 0 Å². The van der Waals surface area contributed by atoms with Crippen molar-refractivity contribution in [3.8, 4) is 11.5 Å². The minimum atomic E-state index is -0.317. The molecule has 0 heterocycles. The number of hydrogen-bond donors (Lipinski definition) is 1. The van der Waals surface area contributed by atoms with Gasteiger partial charge in [-0.2, -0.15) is 0 Å². The number of ether oxygens (including phenoxy) is 1. The normalized spacial score (nSPS) is 10.6. The van der Waals surface area contributed by atoms with Crippen LogP contribution in [0.2, 0.25) is 5.02 Å². The van der Waals surface area contributed by atoms with Crippen molar-refractivity contribution in [3.05, 3.63) is 58.9 Å². The molecule has 0 saturated carbocycles. The third-order valence-corrected chi connectivity index (χ3v) is 3.02. The van der Waals surface area contributed by atoms with Crippen molar-refractivity contribution >= 4 is 11.6 Å². The molecule has 20 heavy (non-hydrogen) atoms. The van der Waals surface area contributed by atoms with Gasteiger partial charge in [-0.25, -0.2) is 4.39 Å². The van der Waals surface area contributed by atoms with Crippen LogP contribution in [0.4, 0.5) is 4.39 Å². The summed E-state index contributed by atoms with van der Waals surface area (Å²) in [5, 5.41) is 3.96. The van der Waals surface area contributed by atoms with Crippen molar-refractivity contribution in [2.75, 3.05) is 6.54 Å². The first kappa shape index (κ1) is 14.8. The number of hydrogen-bond acceptors (Lipinski definition) is 2. The SMILES string of the molecule is CCCNCc1cc(Cl)ccc1Oc1cccc(F)c1. The van der Waals surface area contributed by atoms with Crippen molar-refractivity contribution in [3.63, 3.8) is 0 Å². The predicted octanol–water partition coefficient (Wildman–Crippen LogP) is 4.77. The van der Waals surface area contributed by atoms with E-state index in [0.29, 0.717) is 23.1 Å². The molecule has 106 valence electrons. The Kier molecular flexibility index (Phi) is 5.39. The molecule has 0 atom stereocenters. The third kappa shape index (κ3) is 4.22. The number of halogens is 2. The highest BCUT2D eigenvalue weighted by Gasteiger charge is 2.06. The van der Waals surface area contributed by atoms with Crippen molar-refractivity contribution < 1.29 is 9.13 Å². The Balaban J connectivity index is 2.17. The molecule has 0 aliphatic heterocycles. The van der Waals surface area contributed by atoms with E-state index in [1.54, 1.807) is 24.3 Å². The average Bonchev–Trinajstić information content (AvgIpc) is 2.42. The molecule has 0 aromatic heterocycles. The minimum absolute atomic E-state index is 0.317. The first-order chi connectivity index (χ1) is 9.69. The lowest BCUT2D eigenvalue weighted by Gasteiger charge is -2.12. The van der Waals surface area contributed by atoms with E-state index in [1.807, 2.05) is 6.07 Å². The fourth-order valence-corrected chi connectivity index (χ4v) is 2.04. The van der Waals surface area contributed by atoms with Gasteiger partial charge in [0.15, 0.2) is 0 Å². The zero-order valence-corrected chi connectivity index (χ0v) is 12.1. The van der Waals surface area contributed by atoms with Crippen LogP contribution < -0.4 is 10.1 Å². The Bertz CT molecular complexity index is 574. The lowest BCUT2D eigenvalue weighted by molar-refractivity contribution is 0.467. The van der Waals surface area contributed by atoms with E-state index in [9.17, 15) is 4.39 Å². The lowest BCUT2D eigenvalue weighted by atomic mass is 10.2. The Labute approximate surface area is 123 Å². The quantitative estimate of drug-likeness (QED) is 0.775. The second-order valence-electron chi connectivity index (χ2n) is 4.49. The molecule has 2 aromatic rings. The smallest absolute Gasteiger partial charge is 0.132 e. The fraction of sp³-hybridized carbons (Fsp3) is 0.250. The first-order valence-electron chi connectivity index (χ1n) is 6.61. The molecule has 0 amide bonds. The molecule has 0 bridgehead atoms. The van der Waals surface area contributed by atoms with Gasteiger partial charge in [0.05, 0.1) is 0 Å². The van der Waals surface area contributed by atoms with Gasteiger partial charge >= 0.3 is 0 Å². The van der Waals surface area contributed by atoms with E-state index in [4.69, 9.17) is 16.3 Å². The van der Waals surface area contributed by atoms with Crippen LogP contribution in [0.3, 0.4) is 0 Å². The maximum Gasteiger partial charge on any atom is 0.132 e. The largest absolute Gasteiger partial charge is 0.457 e. The van der Waals surface area contributed by atoms with E-state index >= 15 is 0 Å². The summed E-state index contributed by atoms with van der Waals surface area (Å²) in [7, 11) is 0. The van der Waals surface area contributed by atoms with Gasteiger partial charge in [0, 0.05) is 23.2 Å². The molecule has 4 heteroatoms. The van der Waals surface area contributed by atoms with Crippen LogP contribution >= 0.6 is 11.6 Å². The van der Waals surface area contributed by atoms with Gasteiger partial charge < -0.3 is 10.1 Å². The first-order valence-corrected chi connectivity index (χ1v) is 6.99. The summed E-state index contributed by atoms with van der Waals surface area (Å²) in [4.78, 5) is 0. The van der Waals surface area contributed by atoms with Crippen LogP contribution in [-0.4, -0.2) is 6.54 Å². The number of nitrogens with one attached hydrogen (secondary N) is 1. The molecule has 0 radical (unpaired) electrons. The van der Waals surface area contributed by atoms with Crippen LogP contribution in [0.1, 0.15) is 18.9 Å². The van der Waals surface area contributed by atoms with Gasteiger partial charge in [-0.3, -0.25) is 0 Å². The highest BCUT2D eigenvalue weighted by atomic mass is 35.5. The standard InChI is InChI=1S/C16H17ClFNO/c1-2-8-19-11-12-9-13(17)6-7-16(12)20-15-5-3-4-14(18)10-15/h3-7,9-10,19H,2,8,11H2,1H3. The van der Waals surface area contributed by atoms with Crippen LogP contribution in [0.15, 0.2) is 42.5 Å². The van der Waals surface area contributed by atoms with E-state index < -0.39 is 0 Å². The monoisotopic (exact) mass is 293 g/mol. The predicted molar refractivity (Wildman–Crippen MR) is 79.9 cm³/mol. The number of benzene rings is 2. The summed E-state index contributed by atoms with van der Waals surface area (Å²) in [6, 6.07) is 11.5. The van der Waals surface area contributed by atoms with Crippen LogP contribution in [0, 0.1) is 5.82 Å². The van der Waals surface area contributed by atoms with Crippen LogP contribution in [0.5, 0.6) is 11.5 Å². The maximum atomic E-state index is 13.2. The molecular weight excluding hydrogens is 277 g/mol. The molecule has 0 spiro atoms. The molecule has 0 fully saturated rings. The number of rotatable bonds is 6. The minimum Gasteiger partial charge on any atom is -0.457 e. The fourth-order valence-electron chi connectivity index (χ4n) is 1.84. The summed E-state index contributed by atoms with van der Waals surface area (Å²) in [5.41, 5.74) is 0.954. The van der Waals surface area contributed by atoms with Crippen molar-refractivity contribution in [1.82, 2.24) is 5.32 Å². The second-order valence-corrected chi connectivity index (χ2v) is 4.92. The summed E-state index contributed by atoms with van der Waals surface area (Å²) in [6.45, 7) is 3.69. The Hall–Kier alpha value is -1.58. The highest BCUT2D eigenvalue weighted by Crippen LogP contribution is 2.28. The van der Waals surface area contributed by atoms with Gasteiger partial charge in [-0.15, -0.1) is 0 Å². The third-order valence-electron chi connectivity index (χ3n) is 2.79. The van der Waals surface area contributed by atoms with E-state index in [2.05, 4.69) is 12.2 Å². The van der Waals surface area contributed by atoms with Gasteiger partial charge in [0.2, 0.25) is 0 Å². The molecule has 0 saturated heterocycles. The van der Waals surface area contributed by atoms with Crippen molar-refractivity contribution in [2.24, 2.45) is 0 Å². The van der Waals surface area contributed by atoms with Crippen molar-refractivity contribution in [2.45, 2.75) is 19.9 Å². The highest BCUT2D eigenvalue weighted by molar-refractivity contribution is 6.30. The zero-order valence-electron chi connectivity index (χ0n) is 11.3. The summed E-state index contributed by atoms with van der Waals surface area (Å²) >= 11 is 6.01. The van der Waals surface area contributed by atoms with Gasteiger partial charge in [-0.05, 0) is 43.3 Å². The molecule has 0 aliphatic carbocycles. The van der Waals surface area contributed by atoms with E-state index in [0.717, 1.165) is 18.5 Å². The Morgan fingerprint density at radius 2 is 2.05 bits per heavy atom. The molecule has 0 unspecified atom stereocenters. The topological polar surface area (TPSA) is 21.3 Å². The second kappa shape index (κ2) is 7.27. The van der Waals surface area contributed by atoms with Crippen LogP contribution in [-0.2, 0) is 6.54 Å². The van der Waals surface area contributed by atoms with E-state index in [-0.39, 0.29) is 5.82 Å². The molecule has 2 nitrogen and oxygen atoms in total. The maximum absolute atomic E-state index is 13.2. The molecule has 2 rings (SSSR count). The summed E-state index contributed by atoms with van der Waals surface area (Å²) < 4.78 is 18.9. The zero-order chi connectivity index (χ0) is 14.4. The molecule has 0 aliphatic rings.